The van der Waals surface area contributed by atoms with Gasteiger partial charge >= 0.3 is 0 Å². The Labute approximate surface area is 176 Å². The molecule has 0 spiro atoms. The number of rotatable bonds is 9. The first-order valence-corrected chi connectivity index (χ1v) is 10.1. The molecule has 2 aromatic carbocycles. The smallest absolute Gasteiger partial charge is 0.190 e. The van der Waals surface area contributed by atoms with Crippen LogP contribution in [0.3, 0.4) is 0 Å². The number of nitrogens with zero attached hydrogens (tertiary/aromatic N) is 1. The number of aromatic nitrogens is 1. The summed E-state index contributed by atoms with van der Waals surface area (Å²) in [7, 11) is 5.05. The molecule has 0 saturated carbocycles. The summed E-state index contributed by atoms with van der Waals surface area (Å²) < 4.78 is 23.9. The number of aryl methyl sites for hydroxylation is 1. The number of hydrogen-bond donors (Lipinski definition) is 3. The van der Waals surface area contributed by atoms with Crippen LogP contribution in [-0.4, -0.2) is 45.3 Å². The van der Waals surface area contributed by atoms with E-state index in [1.807, 2.05) is 24.4 Å². The summed E-state index contributed by atoms with van der Waals surface area (Å²) in [6, 6.07) is 10.8. The Balaban J connectivity index is 1.41. The normalized spacial score (nSPS) is 11.5. The molecule has 0 unspecified atom stereocenters. The van der Waals surface area contributed by atoms with E-state index in [9.17, 15) is 4.39 Å². The molecule has 6 nitrogen and oxygen atoms in total. The minimum absolute atomic E-state index is 0.230. The third-order valence-electron chi connectivity index (χ3n) is 5.02. The van der Waals surface area contributed by atoms with Crippen LogP contribution in [0.25, 0.3) is 10.9 Å². The average Bonchev–Trinajstić information content (AvgIpc) is 3.16. The molecule has 0 saturated heterocycles. The first-order valence-electron chi connectivity index (χ1n) is 10.1. The van der Waals surface area contributed by atoms with Crippen molar-refractivity contribution in [1.29, 1.82) is 0 Å². The van der Waals surface area contributed by atoms with Gasteiger partial charge in [-0.15, -0.1) is 0 Å². The highest BCUT2D eigenvalue weighted by atomic mass is 19.1. The van der Waals surface area contributed by atoms with Crippen molar-refractivity contribution < 1.29 is 13.9 Å². The van der Waals surface area contributed by atoms with Gasteiger partial charge in [-0.1, -0.05) is 6.07 Å². The van der Waals surface area contributed by atoms with Crippen LogP contribution in [0.2, 0.25) is 0 Å². The SMILES string of the molecule is CN=C(NCCCc1ccc(OC)c(OC)c1)NCCc1c[nH]c2cc(F)ccc12. The van der Waals surface area contributed by atoms with Gasteiger partial charge in [0, 0.05) is 37.2 Å². The Morgan fingerprint density at radius 1 is 1.00 bits per heavy atom. The second-order valence-electron chi connectivity index (χ2n) is 6.97. The molecule has 30 heavy (non-hydrogen) atoms. The van der Waals surface area contributed by atoms with E-state index in [-0.39, 0.29) is 5.82 Å². The molecule has 0 atom stereocenters. The van der Waals surface area contributed by atoms with Gasteiger partial charge in [0.2, 0.25) is 0 Å². The molecule has 1 heterocycles. The number of benzene rings is 2. The Morgan fingerprint density at radius 2 is 1.80 bits per heavy atom. The summed E-state index contributed by atoms with van der Waals surface area (Å²) in [4.78, 5) is 7.40. The minimum Gasteiger partial charge on any atom is -0.493 e. The molecule has 3 N–H and O–H groups in total. The average molecular weight is 413 g/mol. The van der Waals surface area contributed by atoms with Crippen molar-refractivity contribution in [2.24, 2.45) is 4.99 Å². The van der Waals surface area contributed by atoms with Crippen molar-refractivity contribution in [2.45, 2.75) is 19.3 Å². The Kier molecular flexibility index (Phi) is 7.54. The largest absolute Gasteiger partial charge is 0.493 e. The second-order valence-corrected chi connectivity index (χ2v) is 6.97. The molecule has 1 aromatic heterocycles. The van der Waals surface area contributed by atoms with Crippen LogP contribution in [0.5, 0.6) is 11.5 Å². The lowest BCUT2D eigenvalue weighted by atomic mass is 10.1. The quantitative estimate of drug-likeness (QED) is 0.285. The Morgan fingerprint density at radius 3 is 2.57 bits per heavy atom. The number of hydrogen-bond acceptors (Lipinski definition) is 3. The van der Waals surface area contributed by atoms with E-state index < -0.39 is 0 Å². The summed E-state index contributed by atoms with van der Waals surface area (Å²) in [5.41, 5.74) is 3.18. The maximum atomic E-state index is 13.3. The highest BCUT2D eigenvalue weighted by Gasteiger charge is 2.06. The zero-order chi connectivity index (χ0) is 21.3. The van der Waals surface area contributed by atoms with Gasteiger partial charge < -0.3 is 25.1 Å². The molecule has 0 aliphatic heterocycles. The molecule has 3 rings (SSSR count). The minimum atomic E-state index is -0.230. The van der Waals surface area contributed by atoms with Crippen molar-refractivity contribution >= 4 is 16.9 Å². The van der Waals surface area contributed by atoms with Crippen molar-refractivity contribution in [2.75, 3.05) is 34.4 Å². The van der Waals surface area contributed by atoms with Gasteiger partial charge in [0.05, 0.1) is 14.2 Å². The van der Waals surface area contributed by atoms with E-state index in [1.165, 1.54) is 17.7 Å². The molecular formula is C23H29FN4O2. The number of halogens is 1. The number of nitrogens with one attached hydrogen (secondary N) is 3. The van der Waals surface area contributed by atoms with Crippen LogP contribution >= 0.6 is 0 Å². The van der Waals surface area contributed by atoms with Gasteiger partial charge in [-0.25, -0.2) is 4.39 Å². The van der Waals surface area contributed by atoms with Gasteiger partial charge in [0.15, 0.2) is 17.5 Å². The number of H-pyrrole nitrogens is 1. The van der Waals surface area contributed by atoms with Gasteiger partial charge in [0.1, 0.15) is 5.82 Å². The van der Waals surface area contributed by atoms with Crippen LogP contribution in [0, 0.1) is 5.82 Å². The summed E-state index contributed by atoms with van der Waals surface area (Å²) >= 11 is 0. The van der Waals surface area contributed by atoms with Crippen LogP contribution in [0.1, 0.15) is 17.5 Å². The highest BCUT2D eigenvalue weighted by molar-refractivity contribution is 5.83. The van der Waals surface area contributed by atoms with Gasteiger partial charge in [-0.3, -0.25) is 4.99 Å². The van der Waals surface area contributed by atoms with Crippen LogP contribution in [0.15, 0.2) is 47.6 Å². The first kappa shape index (κ1) is 21.5. The number of aromatic amines is 1. The lowest BCUT2D eigenvalue weighted by Crippen LogP contribution is -2.38. The predicted molar refractivity (Wildman–Crippen MR) is 119 cm³/mol. The lowest BCUT2D eigenvalue weighted by Gasteiger charge is -2.12. The maximum Gasteiger partial charge on any atom is 0.190 e. The lowest BCUT2D eigenvalue weighted by molar-refractivity contribution is 0.354. The molecule has 0 bridgehead atoms. The zero-order valence-electron chi connectivity index (χ0n) is 17.7. The molecule has 160 valence electrons. The van der Waals surface area contributed by atoms with Gasteiger partial charge in [-0.05, 0) is 60.7 Å². The van der Waals surface area contributed by atoms with Gasteiger partial charge in [-0.2, -0.15) is 0 Å². The highest BCUT2D eigenvalue weighted by Crippen LogP contribution is 2.27. The van der Waals surface area contributed by atoms with E-state index in [4.69, 9.17) is 9.47 Å². The molecular weight excluding hydrogens is 383 g/mol. The molecule has 0 amide bonds. The van der Waals surface area contributed by atoms with E-state index in [2.05, 4.69) is 26.7 Å². The van der Waals surface area contributed by atoms with Crippen LogP contribution < -0.4 is 20.1 Å². The van der Waals surface area contributed by atoms with Crippen molar-refractivity contribution in [3.8, 4) is 11.5 Å². The number of guanidine groups is 1. The first-order chi connectivity index (χ1) is 14.6. The molecule has 0 fully saturated rings. The molecule has 0 aliphatic carbocycles. The second kappa shape index (κ2) is 10.5. The van der Waals surface area contributed by atoms with Crippen LogP contribution in [0.4, 0.5) is 4.39 Å². The van der Waals surface area contributed by atoms with Crippen molar-refractivity contribution in [3.63, 3.8) is 0 Å². The number of aliphatic imine (C=N–C) groups is 1. The summed E-state index contributed by atoms with van der Waals surface area (Å²) in [6.45, 7) is 1.54. The van der Waals surface area contributed by atoms with E-state index in [1.54, 1.807) is 21.3 Å². The zero-order valence-corrected chi connectivity index (χ0v) is 17.7. The summed E-state index contributed by atoms with van der Waals surface area (Å²) in [6.07, 6.45) is 4.64. The number of fused-ring (bicyclic) bond motifs is 1. The summed E-state index contributed by atoms with van der Waals surface area (Å²) in [5.74, 6) is 2.03. The third-order valence-corrected chi connectivity index (χ3v) is 5.02. The number of methoxy groups -OCH3 is 2. The Hall–Kier alpha value is -3.22. The standard InChI is InChI=1S/C23H29FN4O2/c1-25-23(26-11-4-5-16-6-9-21(29-2)22(13-16)30-3)27-12-10-17-15-28-20-14-18(24)7-8-19(17)20/h6-9,13-15,28H,4-5,10-12H2,1-3H3,(H2,25,26,27). The summed E-state index contributed by atoms with van der Waals surface area (Å²) in [5, 5.41) is 7.72. The monoisotopic (exact) mass is 412 g/mol. The van der Waals surface area contributed by atoms with E-state index in [0.717, 1.165) is 66.3 Å². The maximum absolute atomic E-state index is 13.3. The predicted octanol–water partition coefficient (Wildman–Crippen LogP) is 3.66. The topological polar surface area (TPSA) is 70.7 Å². The van der Waals surface area contributed by atoms with E-state index in [0.29, 0.717) is 0 Å². The fraction of sp³-hybridized carbons (Fsp3) is 0.348. The fourth-order valence-electron chi connectivity index (χ4n) is 3.44. The molecule has 7 heteroatoms. The van der Waals surface area contributed by atoms with Gasteiger partial charge in [0.25, 0.3) is 0 Å². The van der Waals surface area contributed by atoms with Crippen molar-refractivity contribution in [1.82, 2.24) is 15.6 Å². The van der Waals surface area contributed by atoms with E-state index >= 15 is 0 Å². The fourth-order valence-corrected chi connectivity index (χ4v) is 3.44. The molecule has 0 aliphatic rings. The molecule has 3 aromatic rings. The van der Waals surface area contributed by atoms with Crippen molar-refractivity contribution in [3.05, 3.63) is 59.5 Å². The molecule has 0 radical (unpaired) electrons. The Bertz CT molecular complexity index is 1000. The third kappa shape index (κ3) is 5.43. The number of ether oxygens (including phenoxy) is 2. The van der Waals surface area contributed by atoms with Crippen LogP contribution in [-0.2, 0) is 12.8 Å².